The highest BCUT2D eigenvalue weighted by Gasteiger charge is 2.18. The van der Waals surface area contributed by atoms with Crippen LogP contribution in [0.4, 0.5) is 0 Å². The summed E-state index contributed by atoms with van der Waals surface area (Å²) in [4.78, 5) is 19.5. The molecule has 5 heteroatoms. The molecule has 4 aromatic carbocycles. The van der Waals surface area contributed by atoms with E-state index in [1.807, 2.05) is 54.6 Å². The molecule has 0 aliphatic heterocycles. The van der Waals surface area contributed by atoms with E-state index >= 15 is 0 Å². The smallest absolute Gasteiger partial charge is 0.269 e. The van der Waals surface area contributed by atoms with Crippen molar-refractivity contribution in [3.63, 3.8) is 0 Å². The van der Waals surface area contributed by atoms with Gasteiger partial charge in [-0.25, -0.2) is 4.98 Å². The fourth-order valence-electron chi connectivity index (χ4n) is 4.67. The van der Waals surface area contributed by atoms with Gasteiger partial charge in [-0.1, -0.05) is 65.9 Å². The number of hydrogen-bond acceptors (Lipinski definition) is 3. The van der Waals surface area contributed by atoms with Gasteiger partial charge in [-0.3, -0.25) is 9.20 Å². The van der Waals surface area contributed by atoms with Gasteiger partial charge >= 0.3 is 0 Å². The highest BCUT2D eigenvalue weighted by atomic mass is 32.1. The van der Waals surface area contributed by atoms with Gasteiger partial charge in [0, 0.05) is 10.8 Å². The maximum Gasteiger partial charge on any atom is 0.269 e. The van der Waals surface area contributed by atoms with Gasteiger partial charge in [0.1, 0.15) is 0 Å². The minimum Gasteiger partial charge on any atom is -0.308 e. The number of thiazole rings is 1. The van der Waals surface area contributed by atoms with Crippen LogP contribution >= 0.6 is 11.3 Å². The van der Waals surface area contributed by atoms with E-state index in [4.69, 9.17) is 4.98 Å². The Morgan fingerprint density at radius 1 is 0.677 bits per heavy atom. The first kappa shape index (κ1) is 16.8. The number of rotatable bonds is 1. The first-order valence-corrected chi connectivity index (χ1v) is 10.9. The number of fused-ring (bicyclic) bond motifs is 7. The molecule has 146 valence electrons. The minimum absolute atomic E-state index is 0.0325. The molecule has 0 unspecified atom stereocenters. The van der Waals surface area contributed by atoms with Crippen molar-refractivity contribution in [3.05, 3.63) is 101 Å². The average Bonchev–Trinajstić information content (AvgIpc) is 3.34. The number of benzene rings is 4. The van der Waals surface area contributed by atoms with E-state index in [-0.39, 0.29) is 5.56 Å². The van der Waals surface area contributed by atoms with Gasteiger partial charge in [0.2, 0.25) is 0 Å². The molecule has 3 heterocycles. The van der Waals surface area contributed by atoms with Crippen LogP contribution in [0.5, 0.6) is 0 Å². The topological polar surface area (TPSA) is 39.3 Å². The average molecular weight is 417 g/mol. The lowest BCUT2D eigenvalue weighted by Crippen LogP contribution is -2.15. The van der Waals surface area contributed by atoms with E-state index in [1.165, 1.54) is 10.8 Å². The van der Waals surface area contributed by atoms with Gasteiger partial charge in [-0.05, 0) is 36.4 Å². The molecule has 31 heavy (non-hydrogen) atoms. The van der Waals surface area contributed by atoms with Crippen LogP contribution in [0.15, 0.2) is 95.8 Å². The molecule has 7 aromatic rings. The summed E-state index contributed by atoms with van der Waals surface area (Å²) in [6.07, 6.45) is 0. The Labute approximate surface area is 180 Å². The molecule has 0 aliphatic carbocycles. The highest BCUT2D eigenvalue weighted by Crippen LogP contribution is 2.34. The van der Waals surface area contributed by atoms with Crippen molar-refractivity contribution in [2.75, 3.05) is 0 Å². The fourth-order valence-corrected chi connectivity index (χ4v) is 5.69. The maximum absolute atomic E-state index is 13.9. The zero-order chi connectivity index (χ0) is 20.5. The molecule has 0 amide bonds. The van der Waals surface area contributed by atoms with Crippen LogP contribution in [-0.4, -0.2) is 14.0 Å². The van der Waals surface area contributed by atoms with Gasteiger partial charge in [0.15, 0.2) is 4.96 Å². The first-order valence-electron chi connectivity index (χ1n) is 10.1. The minimum atomic E-state index is -0.0325. The lowest BCUT2D eigenvalue weighted by atomic mass is 10.2. The van der Waals surface area contributed by atoms with E-state index in [0.717, 1.165) is 37.4 Å². The molecule has 0 saturated heterocycles. The third-order valence-electron chi connectivity index (χ3n) is 5.97. The molecule has 4 nitrogen and oxygen atoms in total. The van der Waals surface area contributed by atoms with Crippen molar-refractivity contribution in [2.45, 2.75) is 0 Å². The molecule has 0 fully saturated rings. The predicted molar refractivity (Wildman–Crippen MR) is 129 cm³/mol. The summed E-state index contributed by atoms with van der Waals surface area (Å²) < 4.78 is 5.00. The zero-order valence-electron chi connectivity index (χ0n) is 16.3. The van der Waals surface area contributed by atoms with Gasteiger partial charge in [0.25, 0.3) is 5.56 Å². The maximum atomic E-state index is 13.9. The summed E-state index contributed by atoms with van der Waals surface area (Å²) in [6.45, 7) is 0. The molecule has 0 N–H and O–H groups in total. The summed E-state index contributed by atoms with van der Waals surface area (Å²) in [6, 6.07) is 30.6. The largest absolute Gasteiger partial charge is 0.308 e. The lowest BCUT2D eigenvalue weighted by Gasteiger charge is -2.11. The highest BCUT2D eigenvalue weighted by molar-refractivity contribution is 7.23. The number of hydrogen-bond donors (Lipinski definition) is 0. The molecular weight excluding hydrogens is 402 g/mol. The number of para-hydroxylation sites is 3. The van der Waals surface area contributed by atoms with E-state index in [1.54, 1.807) is 15.7 Å². The molecule has 0 aliphatic rings. The van der Waals surface area contributed by atoms with Crippen LogP contribution in [0.2, 0.25) is 0 Å². The van der Waals surface area contributed by atoms with Gasteiger partial charge in [0.05, 0.1) is 37.8 Å². The van der Waals surface area contributed by atoms with Crippen LogP contribution in [-0.2, 0) is 0 Å². The third-order valence-corrected chi connectivity index (χ3v) is 6.99. The first-order chi connectivity index (χ1) is 15.3. The second-order valence-electron chi connectivity index (χ2n) is 7.65. The summed E-state index contributed by atoms with van der Waals surface area (Å²) >= 11 is 1.54. The summed E-state index contributed by atoms with van der Waals surface area (Å²) in [5, 5.41) is 2.98. The van der Waals surface area contributed by atoms with E-state index in [0.29, 0.717) is 5.39 Å². The normalized spacial score (nSPS) is 12.0. The van der Waals surface area contributed by atoms with Crippen molar-refractivity contribution in [3.8, 4) is 5.69 Å². The van der Waals surface area contributed by atoms with Gasteiger partial charge in [-0.15, -0.1) is 0 Å². The van der Waals surface area contributed by atoms with E-state index < -0.39 is 0 Å². The second-order valence-corrected chi connectivity index (χ2v) is 8.65. The molecular formula is C26H15N3OS. The Hall–Kier alpha value is -3.96. The van der Waals surface area contributed by atoms with Crippen molar-refractivity contribution in [1.82, 2.24) is 14.0 Å². The van der Waals surface area contributed by atoms with Crippen molar-refractivity contribution in [1.29, 1.82) is 0 Å². The lowest BCUT2D eigenvalue weighted by molar-refractivity contribution is 1.13. The SMILES string of the molecule is O=c1c2c(-n3c4ccccc4c4ccccc43)cccc2nc2sc3ccccc3n12. The number of nitrogens with zero attached hydrogens (tertiary/aromatic N) is 3. The second kappa shape index (κ2) is 6.03. The Balaban J connectivity index is 1.72. The van der Waals surface area contributed by atoms with Gasteiger partial charge < -0.3 is 4.57 Å². The Bertz CT molecular complexity index is 1820. The van der Waals surface area contributed by atoms with Crippen LogP contribution in [0.1, 0.15) is 0 Å². The standard InChI is InChI=1S/C26H15N3OS/c30-25-24-18(27-26-29(25)21-13-5-6-15-23(21)31-26)10-7-14-22(24)28-19-11-3-1-8-16(19)17-9-2-4-12-20(17)28/h1-15H. The Morgan fingerprint density at radius 2 is 1.32 bits per heavy atom. The van der Waals surface area contributed by atoms with Crippen LogP contribution in [0.3, 0.4) is 0 Å². The molecule has 3 aromatic heterocycles. The summed E-state index contributed by atoms with van der Waals surface area (Å²) in [5.74, 6) is 0. The monoisotopic (exact) mass is 417 g/mol. The van der Waals surface area contributed by atoms with E-state index in [2.05, 4.69) is 41.0 Å². The Morgan fingerprint density at radius 3 is 2.06 bits per heavy atom. The van der Waals surface area contributed by atoms with Crippen molar-refractivity contribution in [2.24, 2.45) is 0 Å². The molecule has 7 rings (SSSR count). The van der Waals surface area contributed by atoms with Crippen molar-refractivity contribution < 1.29 is 0 Å². The van der Waals surface area contributed by atoms with Gasteiger partial charge in [-0.2, -0.15) is 0 Å². The fraction of sp³-hybridized carbons (Fsp3) is 0. The molecule has 0 atom stereocenters. The van der Waals surface area contributed by atoms with Crippen LogP contribution in [0.25, 0.3) is 53.6 Å². The van der Waals surface area contributed by atoms with Crippen LogP contribution < -0.4 is 5.56 Å². The van der Waals surface area contributed by atoms with Crippen molar-refractivity contribution >= 4 is 59.2 Å². The zero-order valence-corrected chi connectivity index (χ0v) is 17.1. The molecule has 0 saturated carbocycles. The third kappa shape index (κ3) is 2.18. The number of aromatic nitrogens is 3. The summed E-state index contributed by atoms with van der Waals surface area (Å²) in [5.41, 5.74) is 4.61. The van der Waals surface area contributed by atoms with Crippen LogP contribution in [0, 0.1) is 0 Å². The predicted octanol–water partition coefficient (Wildman–Crippen LogP) is 6.16. The summed E-state index contributed by atoms with van der Waals surface area (Å²) in [7, 11) is 0. The molecule has 0 bridgehead atoms. The Kier molecular flexibility index (Phi) is 3.27. The molecule has 0 radical (unpaired) electrons. The molecule has 0 spiro atoms. The van der Waals surface area contributed by atoms with E-state index in [9.17, 15) is 4.79 Å². The quantitative estimate of drug-likeness (QED) is 0.321.